The first-order valence-corrected chi connectivity index (χ1v) is 6.87. The van der Waals surface area contributed by atoms with E-state index >= 15 is 0 Å². The lowest BCUT2D eigenvalue weighted by molar-refractivity contribution is -0.122. The van der Waals surface area contributed by atoms with Crippen LogP contribution in [0.25, 0.3) is 0 Å². The number of nitrogens with one attached hydrogen (secondary N) is 2. The summed E-state index contributed by atoms with van der Waals surface area (Å²) in [6.07, 6.45) is 10.3. The van der Waals surface area contributed by atoms with Crippen LogP contribution in [0.4, 0.5) is 0 Å². The largest absolute Gasteiger partial charge is 0.355 e. The molecular weight excluding hydrogens is 200 g/mol. The van der Waals surface area contributed by atoms with Crippen LogP contribution in [-0.2, 0) is 4.79 Å². The molecule has 1 heterocycles. The van der Waals surface area contributed by atoms with Gasteiger partial charge in [-0.25, -0.2) is 0 Å². The molecule has 1 atom stereocenters. The van der Waals surface area contributed by atoms with E-state index < -0.39 is 0 Å². The SMILES string of the molecule is O=C(NCCC1CCCCC1)[C@H]1CCCN1. The molecule has 1 saturated heterocycles. The molecule has 16 heavy (non-hydrogen) atoms. The van der Waals surface area contributed by atoms with Gasteiger partial charge in [0.05, 0.1) is 6.04 Å². The number of carbonyl (C=O) groups is 1. The molecule has 0 aromatic heterocycles. The van der Waals surface area contributed by atoms with Gasteiger partial charge in [0.1, 0.15) is 0 Å². The van der Waals surface area contributed by atoms with Gasteiger partial charge in [0.25, 0.3) is 0 Å². The molecule has 3 nitrogen and oxygen atoms in total. The number of amides is 1. The van der Waals surface area contributed by atoms with Crippen LogP contribution < -0.4 is 10.6 Å². The average molecular weight is 224 g/mol. The molecule has 1 aliphatic carbocycles. The molecule has 92 valence electrons. The molecule has 0 aromatic rings. The lowest BCUT2D eigenvalue weighted by atomic mass is 9.87. The highest BCUT2D eigenvalue weighted by Crippen LogP contribution is 2.25. The second-order valence-corrected chi connectivity index (χ2v) is 5.23. The van der Waals surface area contributed by atoms with E-state index in [1.165, 1.54) is 38.5 Å². The Labute approximate surface area is 98.4 Å². The van der Waals surface area contributed by atoms with Crippen molar-refractivity contribution in [3.05, 3.63) is 0 Å². The molecule has 0 bridgehead atoms. The topological polar surface area (TPSA) is 41.1 Å². The van der Waals surface area contributed by atoms with Crippen LogP contribution in [0.5, 0.6) is 0 Å². The Morgan fingerprint density at radius 2 is 1.94 bits per heavy atom. The van der Waals surface area contributed by atoms with E-state index in [0.717, 1.165) is 31.8 Å². The van der Waals surface area contributed by atoms with E-state index in [-0.39, 0.29) is 11.9 Å². The van der Waals surface area contributed by atoms with E-state index in [0.29, 0.717) is 0 Å². The third-order valence-electron chi connectivity index (χ3n) is 3.95. The minimum Gasteiger partial charge on any atom is -0.355 e. The molecule has 2 fully saturated rings. The van der Waals surface area contributed by atoms with Crippen LogP contribution in [0, 0.1) is 5.92 Å². The molecule has 0 spiro atoms. The first-order valence-electron chi connectivity index (χ1n) is 6.87. The molecule has 3 heteroatoms. The molecule has 0 unspecified atom stereocenters. The summed E-state index contributed by atoms with van der Waals surface area (Å²) >= 11 is 0. The van der Waals surface area contributed by atoms with E-state index in [1.807, 2.05) is 0 Å². The zero-order valence-electron chi connectivity index (χ0n) is 10.1. The summed E-state index contributed by atoms with van der Waals surface area (Å²) in [5.41, 5.74) is 0. The quantitative estimate of drug-likeness (QED) is 0.765. The molecule has 1 amide bonds. The van der Waals surface area contributed by atoms with E-state index in [2.05, 4.69) is 10.6 Å². The Balaban J connectivity index is 1.57. The van der Waals surface area contributed by atoms with Crippen LogP contribution in [0.1, 0.15) is 51.4 Å². The summed E-state index contributed by atoms with van der Waals surface area (Å²) in [4.78, 5) is 11.7. The molecule has 0 aromatic carbocycles. The third kappa shape index (κ3) is 3.48. The predicted molar refractivity (Wildman–Crippen MR) is 65.2 cm³/mol. The van der Waals surface area contributed by atoms with Gasteiger partial charge in [-0.05, 0) is 31.7 Å². The van der Waals surface area contributed by atoms with Crippen molar-refractivity contribution in [2.45, 2.75) is 57.4 Å². The monoisotopic (exact) mass is 224 g/mol. The second kappa shape index (κ2) is 6.24. The molecule has 2 rings (SSSR count). The maximum Gasteiger partial charge on any atom is 0.237 e. The van der Waals surface area contributed by atoms with Crippen LogP contribution in [-0.4, -0.2) is 25.0 Å². The van der Waals surface area contributed by atoms with Gasteiger partial charge < -0.3 is 10.6 Å². The standard InChI is InChI=1S/C13H24N2O/c16-13(12-7-4-9-14-12)15-10-8-11-5-2-1-3-6-11/h11-12,14H,1-10H2,(H,15,16)/t12-/m1/s1. The normalized spacial score (nSPS) is 26.9. The zero-order chi connectivity index (χ0) is 11.2. The fourth-order valence-electron chi connectivity index (χ4n) is 2.91. The molecule has 0 radical (unpaired) electrons. The molecule has 1 saturated carbocycles. The van der Waals surface area contributed by atoms with Crippen LogP contribution in [0.2, 0.25) is 0 Å². The van der Waals surface area contributed by atoms with Gasteiger partial charge >= 0.3 is 0 Å². The van der Waals surface area contributed by atoms with Crippen molar-refractivity contribution < 1.29 is 4.79 Å². The summed E-state index contributed by atoms with van der Waals surface area (Å²) in [6, 6.07) is 0.0892. The van der Waals surface area contributed by atoms with Crippen molar-refractivity contribution in [3.63, 3.8) is 0 Å². The van der Waals surface area contributed by atoms with Gasteiger partial charge in [-0.3, -0.25) is 4.79 Å². The predicted octanol–water partition coefficient (Wildman–Crippen LogP) is 1.82. The highest BCUT2D eigenvalue weighted by atomic mass is 16.2. The number of carbonyl (C=O) groups excluding carboxylic acids is 1. The summed E-state index contributed by atoms with van der Waals surface area (Å²) in [7, 11) is 0. The smallest absolute Gasteiger partial charge is 0.237 e. The summed E-state index contributed by atoms with van der Waals surface area (Å²) < 4.78 is 0. The van der Waals surface area contributed by atoms with Crippen LogP contribution in [0.15, 0.2) is 0 Å². The molecule has 2 aliphatic rings. The Hall–Kier alpha value is -0.570. The Morgan fingerprint density at radius 3 is 2.62 bits per heavy atom. The first kappa shape index (κ1) is 11.9. The van der Waals surface area contributed by atoms with E-state index in [4.69, 9.17) is 0 Å². The summed E-state index contributed by atoms with van der Waals surface area (Å²) in [6.45, 7) is 1.88. The maximum absolute atomic E-state index is 11.7. The van der Waals surface area contributed by atoms with Crippen molar-refractivity contribution in [2.24, 2.45) is 5.92 Å². The van der Waals surface area contributed by atoms with Crippen molar-refractivity contribution in [2.75, 3.05) is 13.1 Å². The van der Waals surface area contributed by atoms with Crippen molar-refractivity contribution in [1.29, 1.82) is 0 Å². The van der Waals surface area contributed by atoms with Crippen LogP contribution in [0.3, 0.4) is 0 Å². The first-order chi connectivity index (χ1) is 7.86. The van der Waals surface area contributed by atoms with E-state index in [1.54, 1.807) is 0 Å². The minimum atomic E-state index is 0.0892. The lowest BCUT2D eigenvalue weighted by Crippen LogP contribution is -2.41. The molecule has 2 N–H and O–H groups in total. The van der Waals surface area contributed by atoms with E-state index in [9.17, 15) is 4.79 Å². The van der Waals surface area contributed by atoms with Gasteiger partial charge in [-0.1, -0.05) is 32.1 Å². The number of hydrogen-bond donors (Lipinski definition) is 2. The Kier molecular flexibility index (Phi) is 4.64. The Bertz CT molecular complexity index is 218. The minimum absolute atomic E-state index is 0.0892. The molecular formula is C13H24N2O. The summed E-state index contributed by atoms with van der Waals surface area (Å²) in [5.74, 6) is 1.08. The lowest BCUT2D eigenvalue weighted by Gasteiger charge is -2.21. The number of rotatable bonds is 4. The van der Waals surface area contributed by atoms with Crippen molar-refractivity contribution in [3.8, 4) is 0 Å². The maximum atomic E-state index is 11.7. The fraction of sp³-hybridized carbons (Fsp3) is 0.923. The van der Waals surface area contributed by atoms with Crippen LogP contribution >= 0.6 is 0 Å². The second-order valence-electron chi connectivity index (χ2n) is 5.23. The van der Waals surface area contributed by atoms with Gasteiger partial charge in [0.2, 0.25) is 5.91 Å². The Morgan fingerprint density at radius 1 is 1.12 bits per heavy atom. The van der Waals surface area contributed by atoms with Gasteiger partial charge in [0, 0.05) is 6.54 Å². The number of hydrogen-bond acceptors (Lipinski definition) is 2. The third-order valence-corrected chi connectivity index (χ3v) is 3.95. The van der Waals surface area contributed by atoms with Crippen molar-refractivity contribution in [1.82, 2.24) is 10.6 Å². The molecule has 1 aliphatic heterocycles. The fourth-order valence-corrected chi connectivity index (χ4v) is 2.91. The highest BCUT2D eigenvalue weighted by molar-refractivity contribution is 5.81. The van der Waals surface area contributed by atoms with Gasteiger partial charge in [-0.15, -0.1) is 0 Å². The van der Waals surface area contributed by atoms with Gasteiger partial charge in [0.15, 0.2) is 0 Å². The van der Waals surface area contributed by atoms with Gasteiger partial charge in [-0.2, -0.15) is 0 Å². The highest BCUT2D eigenvalue weighted by Gasteiger charge is 2.21. The average Bonchev–Trinajstić information content (AvgIpc) is 2.84. The van der Waals surface area contributed by atoms with Crippen molar-refractivity contribution >= 4 is 5.91 Å². The summed E-state index contributed by atoms with van der Waals surface area (Å²) in [5, 5.41) is 6.30. The zero-order valence-corrected chi connectivity index (χ0v) is 10.1.